The van der Waals surface area contributed by atoms with Gasteiger partial charge in [-0.1, -0.05) is 48.0 Å². The Hall–Kier alpha value is -3.74. The number of sulfonamides is 1. The fourth-order valence-electron chi connectivity index (χ4n) is 4.75. The second-order valence-electron chi connectivity index (χ2n) is 10.0. The van der Waals surface area contributed by atoms with Gasteiger partial charge in [-0.05, 0) is 60.5 Å². The molecular formula is C30H28F3N3O4S2. The Kier molecular flexibility index (Phi) is 8.67. The van der Waals surface area contributed by atoms with Crippen LogP contribution in [0.15, 0.2) is 83.2 Å². The summed E-state index contributed by atoms with van der Waals surface area (Å²) in [5.74, 6) is -0.372. The lowest BCUT2D eigenvalue weighted by molar-refractivity contribution is -0.137. The number of nitrogens with one attached hydrogen (secondary N) is 1. The third-order valence-corrected chi connectivity index (χ3v) is 9.24. The van der Waals surface area contributed by atoms with Crippen molar-refractivity contribution in [1.82, 2.24) is 9.71 Å². The molecule has 3 heterocycles. The minimum absolute atomic E-state index is 0.00373. The van der Waals surface area contributed by atoms with E-state index in [2.05, 4.69) is 9.71 Å². The molecule has 0 unspecified atom stereocenters. The molecule has 0 atom stereocenters. The number of ether oxygens (including phenoxy) is 1. The van der Waals surface area contributed by atoms with Gasteiger partial charge < -0.3 is 9.64 Å². The van der Waals surface area contributed by atoms with Crippen LogP contribution in [0.2, 0.25) is 0 Å². The molecule has 1 fully saturated rings. The van der Waals surface area contributed by atoms with Crippen LogP contribution in [-0.4, -0.2) is 38.5 Å². The number of hydrogen-bond acceptors (Lipinski definition) is 7. The Morgan fingerprint density at radius 3 is 2.48 bits per heavy atom. The molecule has 1 N–H and O–H groups in total. The van der Waals surface area contributed by atoms with E-state index in [9.17, 15) is 26.4 Å². The van der Waals surface area contributed by atoms with Crippen molar-refractivity contribution < 1.29 is 31.1 Å². The summed E-state index contributed by atoms with van der Waals surface area (Å²) in [4.78, 5) is 18.7. The quantitative estimate of drug-likeness (QED) is 0.246. The first-order chi connectivity index (χ1) is 20.0. The fraction of sp³-hybridized carbons (Fsp3) is 0.267. The largest absolute Gasteiger partial charge is 0.416 e. The number of piperidine rings is 1. The van der Waals surface area contributed by atoms with Crippen LogP contribution >= 0.6 is 11.3 Å². The monoisotopic (exact) mass is 615 g/mol. The number of rotatable bonds is 8. The topological polar surface area (TPSA) is 88.6 Å². The number of pyridine rings is 1. The average molecular weight is 616 g/mol. The van der Waals surface area contributed by atoms with Crippen LogP contribution in [0.4, 0.5) is 19.0 Å². The van der Waals surface area contributed by atoms with Gasteiger partial charge in [0.2, 0.25) is 0 Å². The third kappa shape index (κ3) is 7.00. The minimum Gasteiger partial charge on any atom is -0.373 e. The van der Waals surface area contributed by atoms with E-state index in [4.69, 9.17) is 4.74 Å². The number of benzene rings is 2. The molecule has 1 amide bonds. The van der Waals surface area contributed by atoms with E-state index in [-0.39, 0.29) is 11.0 Å². The lowest BCUT2D eigenvalue weighted by Crippen LogP contribution is -2.37. The van der Waals surface area contributed by atoms with Crippen molar-refractivity contribution in [3.8, 4) is 11.1 Å². The summed E-state index contributed by atoms with van der Waals surface area (Å²) in [6, 6.07) is 17.6. The van der Waals surface area contributed by atoms with Crippen molar-refractivity contribution in [3.63, 3.8) is 0 Å². The van der Waals surface area contributed by atoms with Crippen molar-refractivity contribution in [1.29, 1.82) is 0 Å². The zero-order valence-corrected chi connectivity index (χ0v) is 24.2. The molecule has 2 aromatic carbocycles. The number of nitrogens with zero attached hydrogens (tertiary/aromatic N) is 2. The van der Waals surface area contributed by atoms with Crippen LogP contribution in [-0.2, 0) is 27.5 Å². The molecule has 7 nitrogen and oxygen atoms in total. The maximum Gasteiger partial charge on any atom is 0.416 e. The Bertz CT molecular complexity index is 1650. The number of alkyl halides is 3. The highest BCUT2D eigenvalue weighted by atomic mass is 32.2. The van der Waals surface area contributed by atoms with Crippen LogP contribution < -0.4 is 9.62 Å². The summed E-state index contributed by atoms with van der Waals surface area (Å²) in [6.45, 7) is 3.26. The first-order valence-electron chi connectivity index (χ1n) is 13.2. The molecule has 1 saturated heterocycles. The molecule has 1 aliphatic rings. The smallest absolute Gasteiger partial charge is 0.373 e. The number of hydrogen-bond donors (Lipinski definition) is 1. The van der Waals surface area contributed by atoms with E-state index in [1.807, 2.05) is 36.1 Å². The first-order valence-corrected chi connectivity index (χ1v) is 15.6. The van der Waals surface area contributed by atoms with Crippen molar-refractivity contribution in [2.45, 2.75) is 43.5 Å². The first kappa shape index (κ1) is 29.7. The lowest BCUT2D eigenvalue weighted by atomic mass is 10.0. The van der Waals surface area contributed by atoms with Gasteiger partial charge in [0.15, 0.2) is 0 Å². The number of aryl methyl sites for hydroxylation is 1. The van der Waals surface area contributed by atoms with Gasteiger partial charge in [-0.25, -0.2) is 18.1 Å². The SMILES string of the molecule is Cc1ccc(S(=O)(=O)NC(=O)c2cccs2)c(-c2ccc(COC3CCN(c4cc(C(F)(F)F)ccn4)CC3)cc2)c1. The summed E-state index contributed by atoms with van der Waals surface area (Å²) < 4.78 is 73.7. The second-order valence-corrected chi connectivity index (χ2v) is 12.6. The molecule has 1 aliphatic heterocycles. The standard InChI is InChI=1S/C30H28F3N3O4S2/c1-20-4-9-27(42(38,39)35-29(37)26-3-2-16-41-26)25(17-20)22-7-5-21(6-8-22)19-40-24-11-14-36(15-12-24)28-18-23(10-13-34-28)30(31,32)33/h2-10,13,16-18,24H,11-12,14-15,19H2,1H3,(H,35,37). The molecule has 0 aliphatic carbocycles. The van der Waals surface area contributed by atoms with Crippen LogP contribution in [0.1, 0.15) is 39.2 Å². The van der Waals surface area contributed by atoms with Gasteiger partial charge in [-0.3, -0.25) is 4.79 Å². The predicted molar refractivity (Wildman–Crippen MR) is 155 cm³/mol. The van der Waals surface area contributed by atoms with Crippen molar-refractivity contribution in [3.05, 3.63) is 99.9 Å². The summed E-state index contributed by atoms with van der Waals surface area (Å²) in [5, 5.41) is 1.70. The highest BCUT2D eigenvalue weighted by Gasteiger charge is 2.32. The van der Waals surface area contributed by atoms with Gasteiger partial charge in [-0.2, -0.15) is 13.2 Å². The van der Waals surface area contributed by atoms with Crippen molar-refractivity contribution in [2.75, 3.05) is 18.0 Å². The summed E-state index contributed by atoms with van der Waals surface area (Å²) >= 11 is 1.16. The number of halogens is 3. The maximum absolute atomic E-state index is 13.2. The van der Waals surface area contributed by atoms with Gasteiger partial charge in [0.05, 0.1) is 28.0 Å². The Morgan fingerprint density at radius 1 is 1.07 bits per heavy atom. The molecule has 4 aromatic rings. The molecule has 5 rings (SSSR count). The molecular weight excluding hydrogens is 587 g/mol. The number of anilines is 1. The Labute approximate surface area is 246 Å². The Balaban J connectivity index is 1.21. The second kappa shape index (κ2) is 12.2. The van der Waals surface area contributed by atoms with E-state index < -0.39 is 27.7 Å². The van der Waals surface area contributed by atoms with Gasteiger partial charge in [-0.15, -0.1) is 11.3 Å². The number of carbonyl (C=O) groups is 1. The van der Waals surface area contributed by atoms with Crippen LogP contribution in [0.5, 0.6) is 0 Å². The molecule has 2 aromatic heterocycles. The average Bonchev–Trinajstić information content (AvgIpc) is 3.52. The lowest BCUT2D eigenvalue weighted by Gasteiger charge is -2.33. The number of amides is 1. The maximum atomic E-state index is 13.2. The minimum atomic E-state index is -4.41. The van der Waals surface area contributed by atoms with Gasteiger partial charge in [0.25, 0.3) is 15.9 Å². The number of carbonyl (C=O) groups excluding carboxylic acids is 1. The third-order valence-electron chi connectivity index (χ3n) is 6.99. The van der Waals surface area contributed by atoms with Crippen molar-refractivity contribution >= 4 is 33.1 Å². The zero-order valence-electron chi connectivity index (χ0n) is 22.6. The molecule has 12 heteroatoms. The number of aromatic nitrogens is 1. The van der Waals surface area contributed by atoms with Gasteiger partial charge >= 0.3 is 6.18 Å². The van der Waals surface area contributed by atoms with Crippen LogP contribution in [0.3, 0.4) is 0 Å². The molecule has 0 saturated carbocycles. The molecule has 0 spiro atoms. The van der Waals surface area contributed by atoms with E-state index in [1.165, 1.54) is 12.3 Å². The summed E-state index contributed by atoms with van der Waals surface area (Å²) in [6.07, 6.45) is -1.98. The fourth-order valence-corrected chi connectivity index (χ4v) is 6.61. The van der Waals surface area contributed by atoms with Crippen LogP contribution in [0.25, 0.3) is 11.1 Å². The molecule has 42 heavy (non-hydrogen) atoms. The summed E-state index contributed by atoms with van der Waals surface area (Å²) in [5.41, 5.74) is 2.20. The van der Waals surface area contributed by atoms with Gasteiger partial charge in [0.1, 0.15) is 5.82 Å². The predicted octanol–water partition coefficient (Wildman–Crippen LogP) is 6.44. The highest BCUT2D eigenvalue weighted by molar-refractivity contribution is 7.90. The van der Waals surface area contributed by atoms with E-state index >= 15 is 0 Å². The van der Waals surface area contributed by atoms with E-state index in [1.54, 1.807) is 29.6 Å². The highest BCUT2D eigenvalue weighted by Crippen LogP contribution is 2.32. The molecule has 220 valence electrons. The van der Waals surface area contributed by atoms with Crippen molar-refractivity contribution in [2.24, 2.45) is 0 Å². The summed E-state index contributed by atoms with van der Waals surface area (Å²) in [7, 11) is -4.13. The zero-order chi connectivity index (χ0) is 29.9. The number of thiophene rings is 1. The van der Waals surface area contributed by atoms with E-state index in [0.29, 0.717) is 54.4 Å². The molecule has 0 radical (unpaired) electrons. The molecule has 0 bridgehead atoms. The van der Waals surface area contributed by atoms with E-state index in [0.717, 1.165) is 34.6 Å². The van der Waals surface area contributed by atoms with Gasteiger partial charge in [0, 0.05) is 24.8 Å². The van der Waals surface area contributed by atoms with Crippen LogP contribution in [0, 0.1) is 6.92 Å². The normalized spacial score (nSPS) is 14.6. The Morgan fingerprint density at radius 2 is 1.81 bits per heavy atom.